The van der Waals surface area contributed by atoms with Gasteiger partial charge in [-0.1, -0.05) is 23.7 Å². The molecule has 0 amide bonds. The third kappa shape index (κ3) is 3.52. The average molecular weight is 429 g/mol. The van der Waals surface area contributed by atoms with Crippen molar-refractivity contribution in [1.29, 1.82) is 0 Å². The second kappa shape index (κ2) is 8.03. The summed E-state index contributed by atoms with van der Waals surface area (Å²) in [5.74, 6) is 0.997. The molecule has 6 nitrogen and oxygen atoms in total. The van der Waals surface area contributed by atoms with Gasteiger partial charge in [0.15, 0.2) is 22.5 Å². The molecule has 7 heteroatoms. The largest absolute Gasteiger partial charge is 0.492 e. The van der Waals surface area contributed by atoms with Crippen molar-refractivity contribution in [1.82, 2.24) is 0 Å². The van der Waals surface area contributed by atoms with Gasteiger partial charge in [-0.05, 0) is 43.5 Å². The van der Waals surface area contributed by atoms with E-state index in [1.54, 1.807) is 18.2 Å². The van der Waals surface area contributed by atoms with Crippen LogP contribution < -0.4 is 14.9 Å². The van der Waals surface area contributed by atoms with Crippen molar-refractivity contribution in [2.24, 2.45) is 5.92 Å². The van der Waals surface area contributed by atoms with Crippen LogP contribution in [-0.4, -0.2) is 26.3 Å². The lowest BCUT2D eigenvalue weighted by Gasteiger charge is -2.34. The smallest absolute Gasteiger partial charge is 0.308 e. The Hall–Kier alpha value is -2.99. The van der Waals surface area contributed by atoms with Crippen LogP contribution in [0.5, 0.6) is 11.5 Å². The standard InChI is InChI=1S/C23H21ClO6/c1-12-7-8-16(19-11-18(25)15-5-4-6-17(24)21(15)30-19)22(27-2)20(12)29-14-9-13(10-14)23(26)28-3/h4-8,11,13-14H,9-10H2,1-3H3. The quantitative estimate of drug-likeness (QED) is 0.545. The molecule has 0 saturated heterocycles. The molecule has 3 aromatic rings. The summed E-state index contributed by atoms with van der Waals surface area (Å²) in [5, 5.41) is 0.773. The monoisotopic (exact) mass is 428 g/mol. The maximum absolute atomic E-state index is 12.6. The molecule has 4 rings (SSSR count). The predicted molar refractivity (Wildman–Crippen MR) is 113 cm³/mol. The van der Waals surface area contributed by atoms with Crippen LogP contribution in [0.4, 0.5) is 0 Å². The summed E-state index contributed by atoms with van der Waals surface area (Å²) in [6, 6.07) is 10.2. The van der Waals surface area contributed by atoms with E-state index in [0.29, 0.717) is 51.7 Å². The van der Waals surface area contributed by atoms with Crippen LogP contribution in [0.15, 0.2) is 45.6 Å². The topological polar surface area (TPSA) is 75.0 Å². The molecule has 1 saturated carbocycles. The summed E-state index contributed by atoms with van der Waals surface area (Å²) in [6.07, 6.45) is 1.05. The summed E-state index contributed by atoms with van der Waals surface area (Å²) in [5.41, 5.74) is 1.59. The van der Waals surface area contributed by atoms with Gasteiger partial charge in [0.05, 0.1) is 36.1 Å². The van der Waals surface area contributed by atoms with Crippen LogP contribution in [0, 0.1) is 12.8 Å². The van der Waals surface area contributed by atoms with E-state index in [2.05, 4.69) is 0 Å². The number of hydrogen-bond acceptors (Lipinski definition) is 6. The number of hydrogen-bond donors (Lipinski definition) is 0. The number of carbonyl (C=O) groups is 1. The molecule has 0 atom stereocenters. The Morgan fingerprint density at radius 1 is 1.13 bits per heavy atom. The van der Waals surface area contributed by atoms with E-state index < -0.39 is 0 Å². The Bertz CT molecular complexity index is 1180. The summed E-state index contributed by atoms with van der Waals surface area (Å²) < 4.78 is 22.6. The Labute approximate surface area is 178 Å². The van der Waals surface area contributed by atoms with E-state index in [4.69, 9.17) is 30.2 Å². The number of para-hydroxylation sites is 1. The normalized spacial score (nSPS) is 18.0. The summed E-state index contributed by atoms with van der Waals surface area (Å²) in [4.78, 5) is 24.2. The SMILES string of the molecule is COC(=O)C1CC(Oc2c(C)ccc(-c3cc(=O)c4cccc(Cl)c4o3)c2OC)C1. The van der Waals surface area contributed by atoms with E-state index in [1.807, 2.05) is 19.1 Å². The lowest BCUT2D eigenvalue weighted by molar-refractivity contribution is -0.151. The minimum Gasteiger partial charge on any atom is -0.492 e. The second-order valence-electron chi connectivity index (χ2n) is 7.32. The fourth-order valence-corrected chi connectivity index (χ4v) is 3.88. The van der Waals surface area contributed by atoms with Gasteiger partial charge in [0.2, 0.25) is 0 Å². The van der Waals surface area contributed by atoms with Gasteiger partial charge < -0.3 is 18.6 Å². The molecule has 156 valence electrons. The molecule has 1 fully saturated rings. The molecular weight excluding hydrogens is 408 g/mol. The van der Waals surface area contributed by atoms with Gasteiger partial charge in [0, 0.05) is 6.07 Å². The highest BCUT2D eigenvalue weighted by molar-refractivity contribution is 6.34. The van der Waals surface area contributed by atoms with E-state index in [0.717, 1.165) is 5.56 Å². The highest BCUT2D eigenvalue weighted by atomic mass is 35.5. The number of rotatable bonds is 5. The van der Waals surface area contributed by atoms with E-state index >= 15 is 0 Å². The molecule has 0 bridgehead atoms. The molecule has 0 N–H and O–H groups in total. The van der Waals surface area contributed by atoms with Crippen molar-refractivity contribution in [3.8, 4) is 22.8 Å². The Balaban J connectivity index is 1.73. The lowest BCUT2D eigenvalue weighted by atomic mass is 9.82. The van der Waals surface area contributed by atoms with Gasteiger partial charge in [-0.3, -0.25) is 9.59 Å². The maximum Gasteiger partial charge on any atom is 0.308 e. The number of carbonyl (C=O) groups excluding carboxylic acids is 1. The van der Waals surface area contributed by atoms with E-state index in [-0.39, 0.29) is 23.4 Å². The zero-order valence-electron chi connectivity index (χ0n) is 16.9. The summed E-state index contributed by atoms with van der Waals surface area (Å²) >= 11 is 6.24. The number of esters is 1. The van der Waals surface area contributed by atoms with Gasteiger partial charge in [-0.25, -0.2) is 0 Å². The van der Waals surface area contributed by atoms with Crippen LogP contribution in [0.1, 0.15) is 18.4 Å². The van der Waals surface area contributed by atoms with Crippen molar-refractivity contribution in [3.05, 3.63) is 57.2 Å². The van der Waals surface area contributed by atoms with Crippen LogP contribution in [0.2, 0.25) is 5.02 Å². The number of methoxy groups -OCH3 is 2. The number of halogens is 1. The zero-order chi connectivity index (χ0) is 21.4. The van der Waals surface area contributed by atoms with Crippen molar-refractivity contribution in [2.45, 2.75) is 25.9 Å². The van der Waals surface area contributed by atoms with Gasteiger partial charge in [0.25, 0.3) is 0 Å². The second-order valence-corrected chi connectivity index (χ2v) is 7.72. The average Bonchev–Trinajstić information content (AvgIpc) is 2.71. The fourth-order valence-electron chi connectivity index (χ4n) is 3.67. The molecule has 1 aliphatic carbocycles. The van der Waals surface area contributed by atoms with Crippen LogP contribution in [0.25, 0.3) is 22.3 Å². The third-order valence-electron chi connectivity index (χ3n) is 5.40. The van der Waals surface area contributed by atoms with Crippen molar-refractivity contribution < 1.29 is 23.4 Å². The Kier molecular flexibility index (Phi) is 5.43. The first-order valence-electron chi connectivity index (χ1n) is 9.57. The molecule has 1 heterocycles. The Morgan fingerprint density at radius 2 is 1.90 bits per heavy atom. The Morgan fingerprint density at radius 3 is 2.60 bits per heavy atom. The van der Waals surface area contributed by atoms with Gasteiger partial charge in [0.1, 0.15) is 11.9 Å². The molecule has 1 aromatic heterocycles. The van der Waals surface area contributed by atoms with E-state index in [1.165, 1.54) is 20.3 Å². The fraction of sp³-hybridized carbons (Fsp3) is 0.304. The van der Waals surface area contributed by atoms with Crippen molar-refractivity contribution in [3.63, 3.8) is 0 Å². The summed E-state index contributed by atoms with van der Waals surface area (Å²) in [7, 11) is 2.92. The van der Waals surface area contributed by atoms with Crippen molar-refractivity contribution in [2.75, 3.05) is 14.2 Å². The summed E-state index contributed by atoms with van der Waals surface area (Å²) in [6.45, 7) is 1.91. The molecule has 0 radical (unpaired) electrons. The van der Waals surface area contributed by atoms with E-state index in [9.17, 15) is 9.59 Å². The van der Waals surface area contributed by atoms with Crippen LogP contribution >= 0.6 is 11.6 Å². The van der Waals surface area contributed by atoms with Crippen LogP contribution in [-0.2, 0) is 9.53 Å². The molecule has 0 unspecified atom stereocenters. The number of fused-ring (bicyclic) bond motifs is 1. The number of ether oxygens (including phenoxy) is 3. The third-order valence-corrected chi connectivity index (χ3v) is 5.70. The molecular formula is C23H21ClO6. The first-order chi connectivity index (χ1) is 14.4. The predicted octanol–water partition coefficient (Wildman–Crippen LogP) is 4.76. The minimum absolute atomic E-state index is 0.116. The zero-order valence-corrected chi connectivity index (χ0v) is 17.6. The molecule has 0 aliphatic heterocycles. The number of benzene rings is 2. The van der Waals surface area contributed by atoms with Crippen LogP contribution in [0.3, 0.4) is 0 Å². The highest BCUT2D eigenvalue weighted by Crippen LogP contribution is 2.43. The van der Waals surface area contributed by atoms with Gasteiger partial charge in [-0.2, -0.15) is 0 Å². The molecule has 2 aromatic carbocycles. The molecule has 1 aliphatic rings. The first kappa shape index (κ1) is 20.3. The number of aryl methyl sites for hydroxylation is 1. The van der Waals surface area contributed by atoms with Crippen molar-refractivity contribution >= 4 is 28.5 Å². The van der Waals surface area contributed by atoms with Gasteiger partial charge in [-0.15, -0.1) is 0 Å². The lowest BCUT2D eigenvalue weighted by Crippen LogP contribution is -2.39. The highest BCUT2D eigenvalue weighted by Gasteiger charge is 2.37. The van der Waals surface area contributed by atoms with Gasteiger partial charge >= 0.3 is 5.97 Å². The molecule has 0 spiro atoms. The molecule has 30 heavy (non-hydrogen) atoms. The minimum atomic E-state index is -0.220. The first-order valence-corrected chi connectivity index (χ1v) is 9.95. The maximum atomic E-state index is 12.6.